The zero-order chi connectivity index (χ0) is 18.7. The summed E-state index contributed by atoms with van der Waals surface area (Å²) in [6, 6.07) is 16.3. The van der Waals surface area contributed by atoms with E-state index in [0.29, 0.717) is 18.8 Å². The van der Waals surface area contributed by atoms with Crippen molar-refractivity contribution >= 4 is 10.0 Å². The lowest BCUT2D eigenvalue weighted by atomic mass is 10.1. The molecule has 2 unspecified atom stereocenters. The van der Waals surface area contributed by atoms with Crippen LogP contribution in [0.4, 0.5) is 0 Å². The Hall–Kier alpha value is -1.89. The maximum atomic E-state index is 13.1. The Morgan fingerprint density at radius 1 is 1.04 bits per heavy atom. The molecule has 3 rings (SSSR count). The second kappa shape index (κ2) is 7.78. The first-order chi connectivity index (χ1) is 12.4. The fraction of sp³-hybridized carbons (Fsp3) is 0.400. The molecular weight excluding hydrogens is 350 g/mol. The lowest BCUT2D eigenvalue weighted by molar-refractivity contribution is -0.0557. The minimum absolute atomic E-state index is 0.0455. The highest BCUT2D eigenvalue weighted by Gasteiger charge is 2.34. The maximum Gasteiger partial charge on any atom is 0.243 e. The van der Waals surface area contributed by atoms with Gasteiger partial charge in [0.15, 0.2) is 0 Å². The van der Waals surface area contributed by atoms with Crippen LogP contribution in [0.15, 0.2) is 59.5 Å². The zero-order valence-electron chi connectivity index (χ0n) is 15.3. The van der Waals surface area contributed by atoms with Crippen LogP contribution in [0, 0.1) is 0 Å². The Morgan fingerprint density at radius 3 is 2.31 bits per heavy atom. The van der Waals surface area contributed by atoms with E-state index in [1.165, 1.54) is 4.31 Å². The summed E-state index contributed by atoms with van der Waals surface area (Å²) >= 11 is 0. The monoisotopic (exact) mass is 375 g/mol. The van der Waals surface area contributed by atoms with Crippen LogP contribution in [-0.2, 0) is 14.8 Å². The lowest BCUT2D eigenvalue weighted by Crippen LogP contribution is -2.45. The first kappa shape index (κ1) is 18.9. The van der Waals surface area contributed by atoms with Crippen molar-refractivity contribution in [3.63, 3.8) is 0 Å². The van der Waals surface area contributed by atoms with Crippen LogP contribution < -0.4 is 4.74 Å². The number of morpholine rings is 1. The summed E-state index contributed by atoms with van der Waals surface area (Å²) in [5, 5.41) is 0. The Balaban J connectivity index is 1.81. The summed E-state index contributed by atoms with van der Waals surface area (Å²) in [6.07, 6.45) is -0.394. The molecule has 1 aliphatic rings. The summed E-state index contributed by atoms with van der Waals surface area (Å²) in [7, 11) is -3.58. The Bertz CT molecular complexity index is 819. The van der Waals surface area contributed by atoms with Gasteiger partial charge < -0.3 is 9.47 Å². The molecule has 1 heterocycles. The second-order valence-corrected chi connectivity index (χ2v) is 8.74. The summed E-state index contributed by atoms with van der Waals surface area (Å²) in [4.78, 5) is 0.273. The van der Waals surface area contributed by atoms with Gasteiger partial charge in [-0.1, -0.05) is 30.3 Å². The average Bonchev–Trinajstić information content (AvgIpc) is 2.62. The van der Waals surface area contributed by atoms with Crippen molar-refractivity contribution in [2.24, 2.45) is 0 Å². The van der Waals surface area contributed by atoms with E-state index in [1.54, 1.807) is 24.3 Å². The highest BCUT2D eigenvalue weighted by Crippen LogP contribution is 2.29. The van der Waals surface area contributed by atoms with Crippen LogP contribution in [0.5, 0.6) is 5.75 Å². The van der Waals surface area contributed by atoms with Crippen molar-refractivity contribution in [2.45, 2.75) is 44.0 Å². The molecule has 0 bridgehead atoms. The predicted octanol–water partition coefficient (Wildman–Crippen LogP) is 3.62. The average molecular weight is 375 g/mol. The molecule has 0 amide bonds. The summed E-state index contributed by atoms with van der Waals surface area (Å²) in [6.45, 7) is 6.42. The molecule has 2 atom stereocenters. The van der Waals surface area contributed by atoms with Crippen molar-refractivity contribution in [1.82, 2.24) is 4.31 Å². The molecule has 0 aliphatic carbocycles. The molecular formula is C20H25NO4S. The van der Waals surface area contributed by atoms with Crippen molar-refractivity contribution in [1.29, 1.82) is 0 Å². The first-order valence-electron chi connectivity index (χ1n) is 8.83. The van der Waals surface area contributed by atoms with E-state index in [2.05, 4.69) is 0 Å². The predicted molar refractivity (Wildman–Crippen MR) is 101 cm³/mol. The van der Waals surface area contributed by atoms with Gasteiger partial charge in [-0.2, -0.15) is 4.31 Å². The SMILES string of the molecule is CC(C)Oc1ccc(S(=O)(=O)N2CC(C)OC(c3ccccc3)C2)cc1. The fourth-order valence-electron chi connectivity index (χ4n) is 3.07. The van der Waals surface area contributed by atoms with Crippen LogP contribution in [0.2, 0.25) is 0 Å². The smallest absolute Gasteiger partial charge is 0.243 e. The third-order valence-corrected chi connectivity index (χ3v) is 6.08. The third kappa shape index (κ3) is 4.26. The Morgan fingerprint density at radius 2 is 1.69 bits per heavy atom. The molecule has 6 heteroatoms. The molecule has 0 aromatic heterocycles. The first-order valence-corrected chi connectivity index (χ1v) is 10.3. The van der Waals surface area contributed by atoms with Gasteiger partial charge in [-0.15, -0.1) is 0 Å². The molecule has 5 nitrogen and oxygen atoms in total. The van der Waals surface area contributed by atoms with Gasteiger partial charge in [0.05, 0.1) is 23.2 Å². The van der Waals surface area contributed by atoms with Crippen molar-refractivity contribution in [3.8, 4) is 5.75 Å². The van der Waals surface area contributed by atoms with E-state index >= 15 is 0 Å². The van der Waals surface area contributed by atoms with E-state index in [0.717, 1.165) is 5.56 Å². The number of hydrogen-bond donors (Lipinski definition) is 0. The Labute approximate surface area is 155 Å². The molecule has 0 radical (unpaired) electrons. The lowest BCUT2D eigenvalue weighted by Gasteiger charge is -2.36. The summed E-state index contributed by atoms with van der Waals surface area (Å²) in [5.41, 5.74) is 0.986. The van der Waals surface area contributed by atoms with Crippen molar-refractivity contribution in [2.75, 3.05) is 13.1 Å². The quantitative estimate of drug-likeness (QED) is 0.801. The van der Waals surface area contributed by atoms with Gasteiger partial charge in [-0.05, 0) is 50.6 Å². The second-order valence-electron chi connectivity index (χ2n) is 6.81. The molecule has 0 N–H and O–H groups in total. The molecule has 0 spiro atoms. The van der Waals surface area contributed by atoms with E-state index < -0.39 is 10.0 Å². The fourth-order valence-corrected chi connectivity index (χ4v) is 4.59. The van der Waals surface area contributed by atoms with Gasteiger partial charge in [0.1, 0.15) is 5.75 Å². The van der Waals surface area contributed by atoms with E-state index in [4.69, 9.17) is 9.47 Å². The van der Waals surface area contributed by atoms with Gasteiger partial charge in [-0.3, -0.25) is 0 Å². The number of nitrogens with zero attached hydrogens (tertiary/aromatic N) is 1. The van der Waals surface area contributed by atoms with Gasteiger partial charge in [-0.25, -0.2) is 8.42 Å². The summed E-state index contributed by atoms with van der Waals surface area (Å²) < 4.78 is 39.2. The molecule has 1 saturated heterocycles. The van der Waals surface area contributed by atoms with Crippen LogP contribution in [0.1, 0.15) is 32.4 Å². The standard InChI is InChI=1S/C20H25NO4S/c1-15(2)24-18-9-11-19(12-10-18)26(22,23)21-13-16(3)25-20(14-21)17-7-5-4-6-8-17/h4-12,15-16,20H,13-14H2,1-3H3. The number of rotatable bonds is 5. The van der Waals surface area contributed by atoms with Crippen LogP contribution >= 0.6 is 0 Å². The van der Waals surface area contributed by atoms with E-state index in [1.807, 2.05) is 51.1 Å². The molecule has 140 valence electrons. The molecule has 1 aliphatic heterocycles. The Kier molecular flexibility index (Phi) is 5.65. The topological polar surface area (TPSA) is 55.8 Å². The van der Waals surface area contributed by atoms with Gasteiger partial charge in [0.25, 0.3) is 0 Å². The van der Waals surface area contributed by atoms with E-state index in [-0.39, 0.29) is 23.2 Å². The molecule has 26 heavy (non-hydrogen) atoms. The van der Waals surface area contributed by atoms with Crippen LogP contribution in [-0.4, -0.2) is 38.0 Å². The van der Waals surface area contributed by atoms with Gasteiger partial charge in [0.2, 0.25) is 10.0 Å². The zero-order valence-corrected chi connectivity index (χ0v) is 16.1. The molecule has 2 aromatic rings. The highest BCUT2D eigenvalue weighted by molar-refractivity contribution is 7.89. The largest absolute Gasteiger partial charge is 0.491 e. The highest BCUT2D eigenvalue weighted by atomic mass is 32.2. The number of benzene rings is 2. The van der Waals surface area contributed by atoms with Gasteiger partial charge in [0, 0.05) is 13.1 Å². The van der Waals surface area contributed by atoms with Gasteiger partial charge >= 0.3 is 0 Å². The van der Waals surface area contributed by atoms with Crippen molar-refractivity contribution < 1.29 is 17.9 Å². The number of sulfonamides is 1. The normalized spacial score (nSPS) is 21.7. The number of ether oxygens (including phenoxy) is 2. The molecule has 0 saturated carbocycles. The minimum atomic E-state index is -3.58. The number of hydrogen-bond acceptors (Lipinski definition) is 4. The van der Waals surface area contributed by atoms with Crippen molar-refractivity contribution in [3.05, 3.63) is 60.2 Å². The van der Waals surface area contributed by atoms with Crippen LogP contribution in [0.3, 0.4) is 0 Å². The third-order valence-electron chi connectivity index (χ3n) is 4.23. The maximum absolute atomic E-state index is 13.1. The molecule has 2 aromatic carbocycles. The summed E-state index contributed by atoms with van der Waals surface area (Å²) in [5.74, 6) is 0.663. The molecule has 1 fully saturated rings. The van der Waals surface area contributed by atoms with Crippen LogP contribution in [0.25, 0.3) is 0 Å². The van der Waals surface area contributed by atoms with E-state index in [9.17, 15) is 8.42 Å². The minimum Gasteiger partial charge on any atom is -0.491 e.